The van der Waals surface area contributed by atoms with Crippen LogP contribution in [0, 0.1) is 0 Å². The zero-order valence-corrected chi connectivity index (χ0v) is 24.5. The van der Waals surface area contributed by atoms with Crippen LogP contribution < -0.4 is 5.32 Å². The summed E-state index contributed by atoms with van der Waals surface area (Å²) in [5.41, 5.74) is 4.62. The van der Waals surface area contributed by atoms with Crippen LogP contribution in [0.3, 0.4) is 0 Å². The SMILES string of the molecule is CCCCCCC(SC1=CCC(c2ccc(CCCCC)cc2)C=C1)c1ccc(C(=O)NCCC(=O)O)cc1. The molecule has 2 aromatic carbocycles. The van der Waals surface area contributed by atoms with E-state index in [2.05, 4.69) is 73.8 Å². The molecule has 1 amide bonds. The summed E-state index contributed by atoms with van der Waals surface area (Å²) in [6.45, 7) is 4.62. The van der Waals surface area contributed by atoms with Crippen LogP contribution in [-0.2, 0) is 11.2 Å². The Balaban J connectivity index is 1.60. The number of rotatable bonds is 17. The number of benzene rings is 2. The molecule has 0 radical (unpaired) electrons. The quantitative estimate of drug-likeness (QED) is 0.194. The van der Waals surface area contributed by atoms with Crippen LogP contribution in [0.25, 0.3) is 0 Å². The number of carboxylic acids is 1. The molecule has 0 heterocycles. The topological polar surface area (TPSA) is 66.4 Å². The zero-order chi connectivity index (χ0) is 27.9. The maximum Gasteiger partial charge on any atom is 0.305 e. The van der Waals surface area contributed by atoms with Crippen LogP contribution in [-0.4, -0.2) is 23.5 Å². The van der Waals surface area contributed by atoms with Gasteiger partial charge in [-0.05, 0) is 54.5 Å². The Morgan fingerprint density at radius 2 is 1.67 bits per heavy atom. The Labute approximate surface area is 239 Å². The lowest BCUT2D eigenvalue weighted by Crippen LogP contribution is -2.25. The molecule has 2 aromatic rings. The molecule has 0 spiro atoms. The lowest BCUT2D eigenvalue weighted by atomic mass is 9.91. The van der Waals surface area contributed by atoms with Gasteiger partial charge in [0.1, 0.15) is 0 Å². The fourth-order valence-corrected chi connectivity index (χ4v) is 6.15. The highest BCUT2D eigenvalue weighted by Crippen LogP contribution is 2.42. The van der Waals surface area contributed by atoms with Gasteiger partial charge in [0.15, 0.2) is 0 Å². The number of carbonyl (C=O) groups excluding carboxylic acids is 1. The molecule has 1 aliphatic carbocycles. The van der Waals surface area contributed by atoms with E-state index in [9.17, 15) is 9.59 Å². The first-order chi connectivity index (χ1) is 19.0. The zero-order valence-electron chi connectivity index (χ0n) is 23.7. The van der Waals surface area contributed by atoms with E-state index in [1.54, 1.807) is 0 Å². The predicted molar refractivity (Wildman–Crippen MR) is 164 cm³/mol. The van der Waals surface area contributed by atoms with Crippen LogP contribution in [0.1, 0.15) is 116 Å². The Bertz CT molecular complexity index is 1090. The third-order valence-electron chi connectivity index (χ3n) is 7.31. The number of thioether (sulfide) groups is 1. The molecule has 0 fully saturated rings. The van der Waals surface area contributed by atoms with Crippen molar-refractivity contribution in [1.82, 2.24) is 5.32 Å². The maximum absolute atomic E-state index is 12.4. The minimum atomic E-state index is -0.915. The lowest BCUT2D eigenvalue weighted by Gasteiger charge is -2.21. The van der Waals surface area contributed by atoms with Gasteiger partial charge in [0, 0.05) is 28.2 Å². The number of carboxylic acid groups (broad SMARTS) is 1. The van der Waals surface area contributed by atoms with Gasteiger partial charge in [0.2, 0.25) is 0 Å². The summed E-state index contributed by atoms with van der Waals surface area (Å²) in [4.78, 5) is 24.4. The molecule has 210 valence electrons. The minimum Gasteiger partial charge on any atom is -0.481 e. The fourth-order valence-electron chi connectivity index (χ4n) is 4.89. The van der Waals surface area contributed by atoms with Crippen LogP contribution in [0.15, 0.2) is 71.7 Å². The lowest BCUT2D eigenvalue weighted by molar-refractivity contribution is -0.136. The summed E-state index contributed by atoms with van der Waals surface area (Å²) in [6, 6.07) is 17.0. The van der Waals surface area contributed by atoms with E-state index in [0.717, 1.165) is 12.8 Å². The van der Waals surface area contributed by atoms with Crippen molar-refractivity contribution >= 4 is 23.6 Å². The van der Waals surface area contributed by atoms with E-state index < -0.39 is 5.97 Å². The average Bonchev–Trinajstić information content (AvgIpc) is 2.95. The van der Waals surface area contributed by atoms with Crippen molar-refractivity contribution in [2.75, 3.05) is 6.54 Å². The average molecular weight is 548 g/mol. The van der Waals surface area contributed by atoms with Crippen molar-refractivity contribution in [1.29, 1.82) is 0 Å². The number of hydrogen-bond donors (Lipinski definition) is 2. The maximum atomic E-state index is 12.4. The molecule has 0 aromatic heterocycles. The molecular weight excluding hydrogens is 502 g/mol. The van der Waals surface area contributed by atoms with Gasteiger partial charge in [-0.1, -0.05) is 107 Å². The molecule has 0 saturated carbocycles. The predicted octanol–water partition coefficient (Wildman–Crippen LogP) is 9.00. The van der Waals surface area contributed by atoms with Gasteiger partial charge in [-0.15, -0.1) is 11.8 Å². The first-order valence-corrected chi connectivity index (χ1v) is 15.6. The van der Waals surface area contributed by atoms with Gasteiger partial charge in [-0.25, -0.2) is 0 Å². The monoisotopic (exact) mass is 547 g/mol. The van der Waals surface area contributed by atoms with E-state index in [1.165, 1.54) is 73.0 Å². The van der Waals surface area contributed by atoms with Crippen LogP contribution in [0.4, 0.5) is 0 Å². The van der Waals surface area contributed by atoms with E-state index in [-0.39, 0.29) is 18.9 Å². The summed E-state index contributed by atoms with van der Waals surface area (Å²) < 4.78 is 0. The molecule has 5 heteroatoms. The van der Waals surface area contributed by atoms with Gasteiger partial charge in [-0.3, -0.25) is 9.59 Å². The second kappa shape index (κ2) is 17.0. The van der Waals surface area contributed by atoms with E-state index >= 15 is 0 Å². The smallest absolute Gasteiger partial charge is 0.305 e. The molecule has 2 N–H and O–H groups in total. The molecule has 3 rings (SSSR count). The Hall–Kier alpha value is -2.79. The summed E-state index contributed by atoms with van der Waals surface area (Å²) in [6.07, 6.45) is 19.0. The highest BCUT2D eigenvalue weighted by atomic mass is 32.2. The van der Waals surface area contributed by atoms with Gasteiger partial charge < -0.3 is 10.4 Å². The van der Waals surface area contributed by atoms with E-state index in [1.807, 2.05) is 23.9 Å². The van der Waals surface area contributed by atoms with Crippen molar-refractivity contribution in [2.45, 2.75) is 95.6 Å². The number of amides is 1. The molecule has 1 aliphatic rings. The molecule has 0 saturated heterocycles. The molecule has 4 nitrogen and oxygen atoms in total. The number of unbranched alkanes of at least 4 members (excludes halogenated alkanes) is 5. The number of hydrogen-bond acceptors (Lipinski definition) is 3. The van der Waals surface area contributed by atoms with E-state index in [4.69, 9.17) is 5.11 Å². The largest absolute Gasteiger partial charge is 0.481 e. The van der Waals surface area contributed by atoms with Crippen LogP contribution in [0.2, 0.25) is 0 Å². The fraction of sp³-hybridized carbons (Fsp3) is 0.471. The number of allylic oxidation sites excluding steroid dienone is 3. The molecule has 0 aliphatic heterocycles. The van der Waals surface area contributed by atoms with Crippen LogP contribution in [0.5, 0.6) is 0 Å². The molecule has 2 unspecified atom stereocenters. The van der Waals surface area contributed by atoms with E-state index in [0.29, 0.717) is 16.7 Å². The second-order valence-corrected chi connectivity index (χ2v) is 11.8. The Morgan fingerprint density at radius 3 is 2.31 bits per heavy atom. The first-order valence-electron chi connectivity index (χ1n) is 14.7. The van der Waals surface area contributed by atoms with Crippen molar-refractivity contribution in [3.05, 3.63) is 93.9 Å². The second-order valence-electron chi connectivity index (χ2n) is 10.5. The standard InChI is InChI=1S/C34H45NO3S/c1-3-5-7-9-11-32(29-16-18-30(19-17-29)34(38)35-25-24-33(36)37)39-31-22-20-28(21-23-31)27-14-12-26(13-15-27)10-8-6-4-2/h12-20,22-23,28,32H,3-11,21,24-25H2,1-2H3,(H,35,38)(H,36,37). The molecule has 2 atom stereocenters. The van der Waals surface area contributed by atoms with Gasteiger partial charge in [-0.2, -0.15) is 0 Å². The molecular formula is C34H45NO3S. The summed E-state index contributed by atoms with van der Waals surface area (Å²) in [7, 11) is 0. The summed E-state index contributed by atoms with van der Waals surface area (Å²) in [5, 5.41) is 11.8. The number of carbonyl (C=O) groups is 2. The molecule has 0 bridgehead atoms. The highest BCUT2D eigenvalue weighted by molar-refractivity contribution is 8.03. The minimum absolute atomic E-state index is 0.0753. The van der Waals surface area contributed by atoms with Gasteiger partial charge >= 0.3 is 5.97 Å². The van der Waals surface area contributed by atoms with Crippen molar-refractivity contribution in [3.8, 4) is 0 Å². The normalized spacial score (nSPS) is 15.5. The first kappa shape index (κ1) is 30.7. The van der Waals surface area contributed by atoms with Crippen molar-refractivity contribution < 1.29 is 14.7 Å². The number of aryl methyl sites for hydroxylation is 1. The number of aliphatic carboxylic acids is 1. The highest BCUT2D eigenvalue weighted by Gasteiger charge is 2.18. The summed E-state index contributed by atoms with van der Waals surface area (Å²) >= 11 is 1.93. The number of nitrogens with one attached hydrogen (secondary N) is 1. The Morgan fingerprint density at radius 1 is 0.949 bits per heavy atom. The Kier molecular flexibility index (Phi) is 13.4. The van der Waals surface area contributed by atoms with Crippen molar-refractivity contribution in [3.63, 3.8) is 0 Å². The van der Waals surface area contributed by atoms with Crippen LogP contribution >= 0.6 is 11.8 Å². The van der Waals surface area contributed by atoms with Gasteiger partial charge in [0.05, 0.1) is 6.42 Å². The third kappa shape index (κ3) is 10.7. The third-order valence-corrected chi connectivity index (χ3v) is 8.68. The van der Waals surface area contributed by atoms with Crippen molar-refractivity contribution in [2.24, 2.45) is 0 Å². The summed E-state index contributed by atoms with van der Waals surface area (Å²) in [5.74, 6) is -0.712. The van der Waals surface area contributed by atoms with Gasteiger partial charge in [0.25, 0.3) is 5.91 Å². The molecule has 39 heavy (non-hydrogen) atoms.